The quantitative estimate of drug-likeness (QED) is 0.702. The largest absolute Gasteiger partial charge is 0.338 e. The molecule has 3 heterocycles. The Bertz CT molecular complexity index is 1090. The van der Waals surface area contributed by atoms with Gasteiger partial charge in [0.05, 0.1) is 29.8 Å². The van der Waals surface area contributed by atoms with Crippen LogP contribution in [0.3, 0.4) is 0 Å². The Kier molecular flexibility index (Phi) is 5.07. The number of rotatable bonds is 4. The molecule has 1 fully saturated rings. The molecule has 0 amide bonds. The second-order valence-corrected chi connectivity index (χ2v) is 10.6. The predicted molar refractivity (Wildman–Crippen MR) is 114 cm³/mol. The molecule has 3 aromatic rings. The van der Waals surface area contributed by atoms with Crippen molar-refractivity contribution in [2.45, 2.75) is 24.8 Å². The first-order valence-electron chi connectivity index (χ1n) is 9.23. The second kappa shape index (κ2) is 7.38. The van der Waals surface area contributed by atoms with Gasteiger partial charge in [0.15, 0.2) is 0 Å². The Hall–Kier alpha value is -2.10. The number of nitrogens with zero attached hydrogens (tertiary/aromatic N) is 5. The van der Waals surface area contributed by atoms with E-state index in [2.05, 4.69) is 49.9 Å². The number of anilines is 1. The van der Waals surface area contributed by atoms with Crippen molar-refractivity contribution < 1.29 is 4.21 Å². The molecular formula is C19H24N6OS2. The van der Waals surface area contributed by atoms with E-state index in [9.17, 15) is 4.21 Å². The van der Waals surface area contributed by atoms with Crippen LogP contribution in [0.5, 0.6) is 0 Å². The smallest absolute Gasteiger partial charge is 0.225 e. The first kappa shape index (κ1) is 19.2. The van der Waals surface area contributed by atoms with Crippen molar-refractivity contribution in [3.05, 3.63) is 41.2 Å². The monoisotopic (exact) mass is 416 g/mol. The van der Waals surface area contributed by atoms with Crippen molar-refractivity contribution in [3.8, 4) is 0 Å². The van der Waals surface area contributed by atoms with E-state index in [4.69, 9.17) is 4.78 Å². The van der Waals surface area contributed by atoms with Gasteiger partial charge in [0, 0.05) is 50.9 Å². The summed E-state index contributed by atoms with van der Waals surface area (Å²) in [7, 11) is -2.77. The summed E-state index contributed by atoms with van der Waals surface area (Å²) in [5.74, 6) is 0.638. The van der Waals surface area contributed by atoms with Crippen LogP contribution >= 0.6 is 11.3 Å². The molecule has 1 N–H and O–H groups in total. The van der Waals surface area contributed by atoms with Crippen molar-refractivity contribution in [2.24, 2.45) is 0 Å². The van der Waals surface area contributed by atoms with Gasteiger partial charge in [0.2, 0.25) is 5.95 Å². The molecule has 28 heavy (non-hydrogen) atoms. The number of hydrogen-bond donors (Lipinski definition) is 1. The van der Waals surface area contributed by atoms with Gasteiger partial charge >= 0.3 is 0 Å². The third kappa shape index (κ3) is 3.87. The maximum atomic E-state index is 11.8. The lowest BCUT2D eigenvalue weighted by Crippen LogP contribution is -2.47. The lowest BCUT2D eigenvalue weighted by molar-refractivity contribution is 0.198. The van der Waals surface area contributed by atoms with E-state index >= 15 is 0 Å². The Labute approximate surface area is 169 Å². The van der Waals surface area contributed by atoms with Gasteiger partial charge in [-0.15, -0.1) is 11.3 Å². The van der Waals surface area contributed by atoms with Gasteiger partial charge in [-0.05, 0) is 31.5 Å². The molecule has 0 bridgehead atoms. The zero-order valence-corrected chi connectivity index (χ0v) is 17.9. The maximum absolute atomic E-state index is 11.8. The van der Waals surface area contributed by atoms with E-state index < -0.39 is 9.73 Å². The van der Waals surface area contributed by atoms with Crippen molar-refractivity contribution in [2.75, 3.05) is 37.3 Å². The minimum atomic E-state index is -2.77. The SMILES string of the molecule is Cc1nc2cc(C(C)N3CCN(c4ncc(S(C)(=N)=O)cn4)CC3)ccc2s1. The van der Waals surface area contributed by atoms with Crippen LogP contribution in [0.1, 0.15) is 23.5 Å². The summed E-state index contributed by atoms with van der Waals surface area (Å²) < 4.78 is 20.6. The summed E-state index contributed by atoms with van der Waals surface area (Å²) in [6.07, 6.45) is 4.41. The molecule has 2 aromatic heterocycles. The van der Waals surface area contributed by atoms with Gasteiger partial charge in [-0.3, -0.25) is 4.90 Å². The highest BCUT2D eigenvalue weighted by Crippen LogP contribution is 2.28. The first-order chi connectivity index (χ1) is 13.3. The van der Waals surface area contributed by atoms with Gasteiger partial charge in [-0.25, -0.2) is 23.9 Å². The summed E-state index contributed by atoms with van der Waals surface area (Å²) in [6, 6.07) is 6.92. The second-order valence-electron chi connectivity index (χ2n) is 7.22. The zero-order chi connectivity index (χ0) is 19.9. The molecule has 0 radical (unpaired) electrons. The van der Waals surface area contributed by atoms with Crippen LogP contribution in [0, 0.1) is 11.7 Å². The number of fused-ring (bicyclic) bond motifs is 1. The van der Waals surface area contributed by atoms with Crippen LogP contribution in [-0.2, 0) is 9.73 Å². The molecule has 9 heteroatoms. The Morgan fingerprint density at radius 1 is 1.18 bits per heavy atom. The molecule has 0 spiro atoms. The highest BCUT2D eigenvalue weighted by molar-refractivity contribution is 7.91. The Balaban J connectivity index is 1.42. The number of aromatic nitrogens is 3. The van der Waals surface area contributed by atoms with E-state index in [-0.39, 0.29) is 0 Å². The lowest BCUT2D eigenvalue weighted by Gasteiger charge is -2.38. The van der Waals surface area contributed by atoms with Crippen molar-refractivity contribution in [3.63, 3.8) is 0 Å². The van der Waals surface area contributed by atoms with E-state index in [0.29, 0.717) is 16.9 Å². The average molecular weight is 417 g/mol. The molecule has 2 unspecified atom stereocenters. The fourth-order valence-electron chi connectivity index (χ4n) is 3.51. The van der Waals surface area contributed by atoms with E-state index in [1.165, 1.54) is 28.9 Å². The van der Waals surface area contributed by atoms with Gasteiger partial charge in [0.25, 0.3) is 0 Å². The normalized spacial score (nSPS) is 18.9. The van der Waals surface area contributed by atoms with Gasteiger partial charge in [0.1, 0.15) is 0 Å². The molecule has 2 atom stereocenters. The Morgan fingerprint density at radius 2 is 1.86 bits per heavy atom. The van der Waals surface area contributed by atoms with Crippen LogP contribution in [0.4, 0.5) is 5.95 Å². The van der Waals surface area contributed by atoms with Crippen LogP contribution in [0.2, 0.25) is 0 Å². The summed E-state index contributed by atoms with van der Waals surface area (Å²) in [5, 5.41) is 1.10. The number of benzene rings is 1. The molecule has 7 nitrogen and oxygen atoms in total. The highest BCUT2D eigenvalue weighted by atomic mass is 32.2. The van der Waals surface area contributed by atoms with Crippen LogP contribution < -0.4 is 4.90 Å². The van der Waals surface area contributed by atoms with Crippen LogP contribution in [0.15, 0.2) is 35.5 Å². The first-order valence-corrected chi connectivity index (χ1v) is 12.0. The fourth-order valence-corrected chi connectivity index (χ4v) is 4.83. The molecular weight excluding hydrogens is 392 g/mol. The molecule has 0 aliphatic carbocycles. The van der Waals surface area contributed by atoms with Crippen molar-refractivity contribution in [1.82, 2.24) is 19.9 Å². The molecule has 1 saturated heterocycles. The molecule has 1 aliphatic rings. The predicted octanol–water partition coefficient (Wildman–Crippen LogP) is 3.31. The third-order valence-electron chi connectivity index (χ3n) is 5.21. The number of aryl methyl sites for hydroxylation is 1. The van der Waals surface area contributed by atoms with Crippen molar-refractivity contribution in [1.29, 1.82) is 4.78 Å². The van der Waals surface area contributed by atoms with Crippen molar-refractivity contribution >= 4 is 37.2 Å². The van der Waals surface area contributed by atoms with Crippen LogP contribution in [0.25, 0.3) is 10.2 Å². The molecule has 0 saturated carbocycles. The fraction of sp³-hybridized carbons (Fsp3) is 0.421. The molecule has 148 valence electrons. The van der Waals surface area contributed by atoms with Gasteiger partial charge in [-0.1, -0.05) is 6.07 Å². The van der Waals surface area contributed by atoms with Gasteiger partial charge < -0.3 is 4.90 Å². The third-order valence-corrected chi connectivity index (χ3v) is 7.27. The standard InChI is InChI=1S/C19H24N6OS2/c1-13(15-4-5-18-17(10-15)23-14(2)27-18)24-6-8-25(9-7-24)19-21-11-16(12-22-19)28(3,20)26/h4-5,10-13,20H,6-9H2,1-3H3. The number of hydrogen-bond acceptors (Lipinski definition) is 8. The summed E-state index contributed by atoms with van der Waals surface area (Å²) in [6.45, 7) is 7.80. The molecule has 4 rings (SSSR count). The molecule has 1 aliphatic heterocycles. The van der Waals surface area contributed by atoms with E-state index in [1.54, 1.807) is 11.3 Å². The van der Waals surface area contributed by atoms with Gasteiger partial charge in [-0.2, -0.15) is 0 Å². The summed E-state index contributed by atoms with van der Waals surface area (Å²) in [4.78, 5) is 18.2. The Morgan fingerprint density at radius 3 is 2.50 bits per heavy atom. The average Bonchev–Trinajstić information content (AvgIpc) is 3.06. The minimum Gasteiger partial charge on any atom is -0.338 e. The minimum absolute atomic E-state index is 0.324. The lowest BCUT2D eigenvalue weighted by atomic mass is 10.1. The van der Waals surface area contributed by atoms with Crippen LogP contribution in [-0.4, -0.2) is 56.5 Å². The van der Waals surface area contributed by atoms with E-state index in [0.717, 1.165) is 36.7 Å². The maximum Gasteiger partial charge on any atom is 0.225 e. The summed E-state index contributed by atoms with van der Waals surface area (Å²) in [5.41, 5.74) is 2.38. The highest BCUT2D eigenvalue weighted by Gasteiger charge is 2.24. The zero-order valence-electron chi connectivity index (χ0n) is 16.3. The molecule has 1 aromatic carbocycles. The number of piperazine rings is 1. The number of nitrogens with one attached hydrogen (secondary N) is 1. The topological polar surface area (TPSA) is 86.1 Å². The van der Waals surface area contributed by atoms with E-state index in [1.807, 2.05) is 6.92 Å². The number of thiazole rings is 1. The summed E-state index contributed by atoms with van der Waals surface area (Å²) >= 11 is 1.73.